The van der Waals surface area contributed by atoms with Crippen LogP contribution in [0.4, 0.5) is 4.79 Å². The molecule has 0 saturated carbocycles. The highest BCUT2D eigenvalue weighted by Gasteiger charge is 2.35. The van der Waals surface area contributed by atoms with E-state index >= 15 is 0 Å². The molecule has 5 nitrogen and oxygen atoms in total. The summed E-state index contributed by atoms with van der Waals surface area (Å²) < 4.78 is 5.22. The van der Waals surface area contributed by atoms with Crippen molar-refractivity contribution in [2.75, 3.05) is 26.3 Å². The largest absolute Gasteiger partial charge is 0.445 e. The lowest BCUT2D eigenvalue weighted by molar-refractivity contribution is 0.101. The maximum atomic E-state index is 11.9. The maximum absolute atomic E-state index is 11.9. The SMILES string of the molecule is O=C(OCc1ccccc1)N1CC(CO)C(CO)C1. The summed E-state index contributed by atoms with van der Waals surface area (Å²) in [6, 6.07) is 9.48. The number of hydrogen-bond donors (Lipinski definition) is 2. The van der Waals surface area contributed by atoms with Gasteiger partial charge >= 0.3 is 6.09 Å². The van der Waals surface area contributed by atoms with E-state index in [0.717, 1.165) is 5.56 Å². The Bertz CT molecular complexity index is 397. The van der Waals surface area contributed by atoms with Gasteiger partial charge in [0.05, 0.1) is 0 Å². The van der Waals surface area contributed by atoms with Crippen molar-refractivity contribution in [2.24, 2.45) is 11.8 Å². The number of carbonyl (C=O) groups excluding carboxylic acids is 1. The molecule has 0 aliphatic carbocycles. The second kappa shape index (κ2) is 6.54. The van der Waals surface area contributed by atoms with Gasteiger partial charge in [-0.3, -0.25) is 0 Å². The van der Waals surface area contributed by atoms with Crippen LogP contribution in [0.15, 0.2) is 30.3 Å². The molecule has 19 heavy (non-hydrogen) atoms. The number of rotatable bonds is 4. The van der Waals surface area contributed by atoms with Crippen LogP contribution in [-0.4, -0.2) is 47.5 Å². The number of benzene rings is 1. The zero-order valence-corrected chi connectivity index (χ0v) is 10.7. The first-order valence-corrected chi connectivity index (χ1v) is 6.42. The van der Waals surface area contributed by atoms with Crippen LogP contribution in [-0.2, 0) is 11.3 Å². The number of carbonyl (C=O) groups is 1. The summed E-state index contributed by atoms with van der Waals surface area (Å²) in [5, 5.41) is 18.4. The van der Waals surface area contributed by atoms with Crippen LogP contribution in [0.3, 0.4) is 0 Å². The number of aliphatic hydroxyl groups excluding tert-OH is 2. The Balaban J connectivity index is 1.84. The Morgan fingerprint density at radius 2 is 1.74 bits per heavy atom. The van der Waals surface area contributed by atoms with Crippen molar-refractivity contribution in [1.29, 1.82) is 0 Å². The molecule has 2 rings (SSSR count). The van der Waals surface area contributed by atoms with E-state index in [-0.39, 0.29) is 31.7 Å². The third-order valence-electron chi connectivity index (χ3n) is 3.51. The minimum atomic E-state index is -0.391. The van der Waals surface area contributed by atoms with Crippen molar-refractivity contribution in [3.05, 3.63) is 35.9 Å². The summed E-state index contributed by atoms with van der Waals surface area (Å²) >= 11 is 0. The van der Waals surface area contributed by atoms with Crippen molar-refractivity contribution in [1.82, 2.24) is 4.90 Å². The number of hydrogen-bond acceptors (Lipinski definition) is 4. The molecule has 1 aliphatic heterocycles. The molecule has 0 spiro atoms. The molecule has 2 atom stereocenters. The molecule has 1 fully saturated rings. The van der Waals surface area contributed by atoms with Crippen LogP contribution in [0, 0.1) is 11.8 Å². The van der Waals surface area contributed by atoms with Crippen LogP contribution >= 0.6 is 0 Å². The van der Waals surface area contributed by atoms with Gasteiger partial charge in [-0.15, -0.1) is 0 Å². The van der Waals surface area contributed by atoms with E-state index < -0.39 is 6.09 Å². The van der Waals surface area contributed by atoms with Crippen molar-refractivity contribution < 1.29 is 19.7 Å². The fourth-order valence-electron chi connectivity index (χ4n) is 2.31. The van der Waals surface area contributed by atoms with E-state index in [4.69, 9.17) is 4.74 Å². The fourth-order valence-corrected chi connectivity index (χ4v) is 2.31. The molecule has 2 N–H and O–H groups in total. The predicted molar refractivity (Wildman–Crippen MR) is 69.4 cm³/mol. The van der Waals surface area contributed by atoms with Crippen molar-refractivity contribution >= 4 is 6.09 Å². The van der Waals surface area contributed by atoms with Crippen LogP contribution in [0.1, 0.15) is 5.56 Å². The van der Waals surface area contributed by atoms with E-state index in [1.165, 1.54) is 0 Å². The number of aliphatic hydroxyl groups is 2. The number of nitrogens with zero attached hydrogens (tertiary/aromatic N) is 1. The van der Waals surface area contributed by atoms with E-state index in [1.807, 2.05) is 30.3 Å². The van der Waals surface area contributed by atoms with E-state index in [1.54, 1.807) is 4.90 Å². The van der Waals surface area contributed by atoms with Gasteiger partial charge < -0.3 is 19.8 Å². The van der Waals surface area contributed by atoms with Crippen LogP contribution in [0.2, 0.25) is 0 Å². The molecule has 0 bridgehead atoms. The first kappa shape index (κ1) is 13.8. The molecular weight excluding hydrogens is 246 g/mol. The zero-order chi connectivity index (χ0) is 13.7. The summed E-state index contributed by atoms with van der Waals surface area (Å²) in [7, 11) is 0. The third-order valence-corrected chi connectivity index (χ3v) is 3.51. The van der Waals surface area contributed by atoms with Crippen LogP contribution in [0.5, 0.6) is 0 Å². The van der Waals surface area contributed by atoms with Gasteiger partial charge in [-0.2, -0.15) is 0 Å². The lowest BCUT2D eigenvalue weighted by Crippen LogP contribution is -2.30. The Morgan fingerprint density at radius 1 is 1.16 bits per heavy atom. The van der Waals surface area contributed by atoms with Gasteiger partial charge in [-0.05, 0) is 5.56 Å². The Hall–Kier alpha value is -1.59. The van der Waals surface area contributed by atoms with Crippen molar-refractivity contribution in [2.45, 2.75) is 6.61 Å². The number of amides is 1. The molecule has 1 aliphatic rings. The normalized spacial score (nSPS) is 22.5. The van der Waals surface area contributed by atoms with Gasteiger partial charge in [0.1, 0.15) is 6.61 Å². The summed E-state index contributed by atoms with van der Waals surface area (Å²) in [5.41, 5.74) is 0.937. The Morgan fingerprint density at radius 3 is 2.26 bits per heavy atom. The maximum Gasteiger partial charge on any atom is 0.410 e. The smallest absolute Gasteiger partial charge is 0.410 e. The highest BCUT2D eigenvalue weighted by Crippen LogP contribution is 2.23. The summed E-state index contributed by atoms with van der Waals surface area (Å²) in [4.78, 5) is 13.4. The van der Waals surface area contributed by atoms with Crippen molar-refractivity contribution in [3.8, 4) is 0 Å². The average molecular weight is 265 g/mol. The summed E-state index contributed by atoms with van der Waals surface area (Å²) in [6.45, 7) is 1.08. The minimum absolute atomic E-state index is 0.0201. The topological polar surface area (TPSA) is 70.0 Å². The van der Waals surface area contributed by atoms with Crippen molar-refractivity contribution in [3.63, 3.8) is 0 Å². The molecule has 2 unspecified atom stereocenters. The van der Waals surface area contributed by atoms with Gasteiger partial charge in [0, 0.05) is 38.1 Å². The Labute approximate surface area is 112 Å². The average Bonchev–Trinajstić information content (AvgIpc) is 2.89. The number of likely N-dealkylation sites (tertiary alicyclic amines) is 1. The number of ether oxygens (including phenoxy) is 1. The molecule has 104 valence electrons. The fraction of sp³-hybridized carbons (Fsp3) is 0.500. The van der Waals surface area contributed by atoms with Gasteiger partial charge in [-0.25, -0.2) is 4.79 Å². The Kier molecular flexibility index (Phi) is 4.76. The lowest BCUT2D eigenvalue weighted by Gasteiger charge is -2.16. The standard InChI is InChI=1S/C14H19NO4/c16-8-12-6-15(7-13(12)9-17)14(18)19-10-11-4-2-1-3-5-11/h1-5,12-13,16-17H,6-10H2. The summed E-state index contributed by atoms with van der Waals surface area (Å²) in [5.74, 6) is -0.122. The molecule has 1 heterocycles. The highest BCUT2D eigenvalue weighted by atomic mass is 16.6. The van der Waals surface area contributed by atoms with Gasteiger partial charge in [-0.1, -0.05) is 30.3 Å². The van der Waals surface area contributed by atoms with E-state index in [9.17, 15) is 15.0 Å². The molecule has 1 amide bonds. The van der Waals surface area contributed by atoms with Crippen LogP contribution < -0.4 is 0 Å². The molecule has 5 heteroatoms. The summed E-state index contributed by atoms with van der Waals surface area (Å²) in [6.07, 6.45) is -0.391. The molecule has 1 aromatic carbocycles. The quantitative estimate of drug-likeness (QED) is 0.847. The van der Waals surface area contributed by atoms with Gasteiger partial charge in [0.2, 0.25) is 0 Å². The first-order valence-electron chi connectivity index (χ1n) is 6.42. The second-order valence-electron chi connectivity index (χ2n) is 4.83. The predicted octanol–water partition coefficient (Wildman–Crippen LogP) is 0.856. The third kappa shape index (κ3) is 3.45. The van der Waals surface area contributed by atoms with Gasteiger partial charge in [0.15, 0.2) is 0 Å². The van der Waals surface area contributed by atoms with E-state index in [2.05, 4.69) is 0 Å². The molecule has 0 aromatic heterocycles. The molecule has 0 radical (unpaired) electrons. The van der Waals surface area contributed by atoms with Gasteiger partial charge in [0.25, 0.3) is 0 Å². The molecule has 1 aromatic rings. The lowest BCUT2D eigenvalue weighted by atomic mass is 9.98. The van der Waals surface area contributed by atoms with Crippen LogP contribution in [0.25, 0.3) is 0 Å². The van der Waals surface area contributed by atoms with E-state index in [0.29, 0.717) is 13.1 Å². The minimum Gasteiger partial charge on any atom is -0.445 e. The monoisotopic (exact) mass is 265 g/mol. The molecular formula is C14H19NO4. The molecule has 1 saturated heterocycles. The second-order valence-corrected chi connectivity index (χ2v) is 4.83. The zero-order valence-electron chi connectivity index (χ0n) is 10.7. The first-order chi connectivity index (χ1) is 9.24. The highest BCUT2D eigenvalue weighted by molar-refractivity contribution is 5.68.